The van der Waals surface area contributed by atoms with Crippen LogP contribution in [-0.4, -0.2) is 35.7 Å². The standard InChI is InChI=1S/C10H19NO/c1-7(12)4-11-5-8-9(6-11)10(8,2)3/h7-9,12H,4-6H2,1-3H3. The Kier molecular flexibility index (Phi) is 1.74. The number of aliphatic hydroxyl groups excluding tert-OH is 1. The van der Waals surface area contributed by atoms with Gasteiger partial charge in [0.2, 0.25) is 0 Å². The van der Waals surface area contributed by atoms with Gasteiger partial charge in [0.05, 0.1) is 6.10 Å². The Labute approximate surface area is 74.6 Å². The Morgan fingerprint density at radius 3 is 2.33 bits per heavy atom. The van der Waals surface area contributed by atoms with E-state index < -0.39 is 0 Å². The second kappa shape index (κ2) is 2.46. The highest BCUT2D eigenvalue weighted by atomic mass is 16.3. The summed E-state index contributed by atoms with van der Waals surface area (Å²) < 4.78 is 0. The van der Waals surface area contributed by atoms with Gasteiger partial charge in [-0.15, -0.1) is 0 Å². The molecule has 0 radical (unpaired) electrons. The lowest BCUT2D eigenvalue weighted by Gasteiger charge is -2.22. The average Bonchev–Trinajstić information content (AvgIpc) is 2.38. The molecule has 0 aromatic heterocycles. The van der Waals surface area contributed by atoms with Crippen molar-refractivity contribution < 1.29 is 5.11 Å². The normalized spacial score (nSPS) is 41.0. The number of aliphatic hydroxyl groups is 1. The van der Waals surface area contributed by atoms with E-state index in [4.69, 9.17) is 0 Å². The molecule has 3 atom stereocenters. The maximum Gasteiger partial charge on any atom is 0.0639 e. The molecule has 1 N–H and O–H groups in total. The highest BCUT2D eigenvalue weighted by Crippen LogP contribution is 2.61. The van der Waals surface area contributed by atoms with Crippen LogP contribution in [0.15, 0.2) is 0 Å². The lowest BCUT2D eigenvalue weighted by atomic mass is 10.1. The summed E-state index contributed by atoms with van der Waals surface area (Å²) >= 11 is 0. The van der Waals surface area contributed by atoms with E-state index >= 15 is 0 Å². The fourth-order valence-electron chi connectivity index (χ4n) is 2.74. The summed E-state index contributed by atoms with van der Waals surface area (Å²) in [6, 6.07) is 0. The van der Waals surface area contributed by atoms with Gasteiger partial charge in [-0.25, -0.2) is 0 Å². The number of fused-ring (bicyclic) bond motifs is 1. The summed E-state index contributed by atoms with van der Waals surface area (Å²) in [4.78, 5) is 2.39. The van der Waals surface area contributed by atoms with E-state index in [9.17, 15) is 5.11 Å². The van der Waals surface area contributed by atoms with Crippen molar-refractivity contribution in [1.29, 1.82) is 0 Å². The molecule has 1 heterocycles. The first kappa shape index (κ1) is 8.52. The molecule has 0 aromatic rings. The lowest BCUT2D eigenvalue weighted by molar-refractivity contribution is 0.126. The molecule has 1 saturated carbocycles. The van der Waals surface area contributed by atoms with Gasteiger partial charge in [0.1, 0.15) is 0 Å². The minimum Gasteiger partial charge on any atom is -0.392 e. The van der Waals surface area contributed by atoms with Crippen molar-refractivity contribution in [2.45, 2.75) is 26.9 Å². The predicted octanol–water partition coefficient (Wildman–Crippen LogP) is 0.955. The lowest BCUT2D eigenvalue weighted by Crippen LogP contribution is -2.32. The first-order valence-electron chi connectivity index (χ1n) is 4.92. The van der Waals surface area contributed by atoms with E-state index in [1.807, 2.05) is 6.92 Å². The van der Waals surface area contributed by atoms with Gasteiger partial charge >= 0.3 is 0 Å². The molecule has 1 aliphatic heterocycles. The highest BCUT2D eigenvalue weighted by molar-refractivity contribution is 5.11. The topological polar surface area (TPSA) is 23.5 Å². The quantitative estimate of drug-likeness (QED) is 0.665. The molecule has 2 aliphatic rings. The van der Waals surface area contributed by atoms with Gasteiger partial charge in [-0.2, -0.15) is 0 Å². The minimum atomic E-state index is -0.161. The van der Waals surface area contributed by atoms with Gasteiger partial charge in [-0.05, 0) is 24.2 Å². The minimum absolute atomic E-state index is 0.161. The third-order valence-corrected chi connectivity index (χ3v) is 3.72. The third kappa shape index (κ3) is 1.17. The van der Waals surface area contributed by atoms with Gasteiger partial charge in [0, 0.05) is 19.6 Å². The molecule has 70 valence electrons. The first-order valence-corrected chi connectivity index (χ1v) is 4.92. The van der Waals surface area contributed by atoms with E-state index in [2.05, 4.69) is 18.7 Å². The molecule has 1 saturated heterocycles. The number of β-amino-alcohol motifs (C(OH)–C–C–N with tert-alkyl or cyclic N) is 1. The Hall–Kier alpha value is -0.0800. The van der Waals surface area contributed by atoms with Gasteiger partial charge in [-0.1, -0.05) is 13.8 Å². The molecular weight excluding hydrogens is 150 g/mol. The Bertz CT molecular complexity index is 174. The summed E-state index contributed by atoms with van der Waals surface area (Å²) in [5.41, 5.74) is 0.606. The van der Waals surface area contributed by atoms with Gasteiger partial charge in [0.15, 0.2) is 0 Å². The van der Waals surface area contributed by atoms with E-state index in [0.717, 1.165) is 18.4 Å². The Balaban J connectivity index is 1.82. The fourth-order valence-corrected chi connectivity index (χ4v) is 2.74. The molecule has 0 spiro atoms. The molecule has 0 aromatic carbocycles. The zero-order chi connectivity index (χ0) is 8.93. The zero-order valence-electron chi connectivity index (χ0n) is 8.25. The average molecular weight is 169 g/mol. The number of piperidine rings is 1. The van der Waals surface area contributed by atoms with E-state index in [1.54, 1.807) is 0 Å². The van der Waals surface area contributed by atoms with Crippen LogP contribution in [0.1, 0.15) is 20.8 Å². The summed E-state index contributed by atoms with van der Waals surface area (Å²) in [6.45, 7) is 9.88. The van der Waals surface area contributed by atoms with Crippen molar-refractivity contribution in [1.82, 2.24) is 4.90 Å². The van der Waals surface area contributed by atoms with Crippen molar-refractivity contribution in [2.24, 2.45) is 17.3 Å². The second-order valence-corrected chi connectivity index (χ2v) is 5.10. The molecule has 0 amide bonds. The van der Waals surface area contributed by atoms with E-state index in [1.165, 1.54) is 13.1 Å². The number of hydrogen-bond donors (Lipinski definition) is 1. The SMILES string of the molecule is CC(O)CN1CC2C(C1)C2(C)C. The summed E-state index contributed by atoms with van der Waals surface area (Å²) in [5.74, 6) is 1.83. The smallest absolute Gasteiger partial charge is 0.0639 e. The molecule has 2 heteroatoms. The maximum atomic E-state index is 9.20. The molecule has 12 heavy (non-hydrogen) atoms. The van der Waals surface area contributed by atoms with Crippen LogP contribution in [-0.2, 0) is 0 Å². The Morgan fingerprint density at radius 1 is 1.42 bits per heavy atom. The number of nitrogens with zero attached hydrogens (tertiary/aromatic N) is 1. The predicted molar refractivity (Wildman–Crippen MR) is 48.9 cm³/mol. The number of rotatable bonds is 2. The summed E-state index contributed by atoms with van der Waals surface area (Å²) in [5, 5.41) is 9.20. The fraction of sp³-hybridized carbons (Fsp3) is 1.00. The van der Waals surface area contributed by atoms with Crippen LogP contribution < -0.4 is 0 Å². The van der Waals surface area contributed by atoms with Crippen molar-refractivity contribution >= 4 is 0 Å². The molecule has 1 aliphatic carbocycles. The van der Waals surface area contributed by atoms with Crippen LogP contribution in [0.3, 0.4) is 0 Å². The number of likely N-dealkylation sites (tertiary alicyclic amines) is 1. The molecule has 2 rings (SSSR count). The van der Waals surface area contributed by atoms with Crippen molar-refractivity contribution in [3.8, 4) is 0 Å². The van der Waals surface area contributed by atoms with Gasteiger partial charge in [0.25, 0.3) is 0 Å². The van der Waals surface area contributed by atoms with Crippen molar-refractivity contribution in [2.75, 3.05) is 19.6 Å². The van der Waals surface area contributed by atoms with Gasteiger partial charge in [-0.3, -0.25) is 0 Å². The maximum absolute atomic E-state index is 9.20. The first-order chi connectivity index (χ1) is 5.51. The molecule has 0 bridgehead atoms. The molecule has 2 fully saturated rings. The van der Waals surface area contributed by atoms with Crippen LogP contribution in [0.25, 0.3) is 0 Å². The summed E-state index contributed by atoms with van der Waals surface area (Å²) in [7, 11) is 0. The molecule has 2 nitrogen and oxygen atoms in total. The van der Waals surface area contributed by atoms with E-state index in [-0.39, 0.29) is 6.10 Å². The molecular formula is C10H19NO. The van der Waals surface area contributed by atoms with E-state index in [0.29, 0.717) is 5.41 Å². The van der Waals surface area contributed by atoms with Crippen molar-refractivity contribution in [3.05, 3.63) is 0 Å². The van der Waals surface area contributed by atoms with Crippen LogP contribution in [0.4, 0.5) is 0 Å². The van der Waals surface area contributed by atoms with Crippen LogP contribution in [0.2, 0.25) is 0 Å². The van der Waals surface area contributed by atoms with Gasteiger partial charge < -0.3 is 10.0 Å². The van der Waals surface area contributed by atoms with Crippen molar-refractivity contribution in [3.63, 3.8) is 0 Å². The van der Waals surface area contributed by atoms with Crippen LogP contribution >= 0.6 is 0 Å². The largest absolute Gasteiger partial charge is 0.392 e. The monoisotopic (exact) mass is 169 g/mol. The Morgan fingerprint density at radius 2 is 1.92 bits per heavy atom. The third-order valence-electron chi connectivity index (χ3n) is 3.72. The van der Waals surface area contributed by atoms with Crippen LogP contribution in [0.5, 0.6) is 0 Å². The second-order valence-electron chi connectivity index (χ2n) is 5.10. The summed E-state index contributed by atoms with van der Waals surface area (Å²) in [6.07, 6.45) is -0.161. The number of hydrogen-bond acceptors (Lipinski definition) is 2. The molecule has 3 unspecified atom stereocenters. The van der Waals surface area contributed by atoms with Crippen LogP contribution in [0, 0.1) is 17.3 Å². The zero-order valence-corrected chi connectivity index (χ0v) is 8.25. The highest BCUT2D eigenvalue weighted by Gasteiger charge is 2.61.